The Hall–Kier alpha value is -1.62. The molecule has 5 nitrogen and oxygen atoms in total. The standard InChI is InChI=1S/C15H24N2O3/c1-7-17(9(2)3)8-12(18)13-10(4)14(15(19)20-6)16-11(13)5/h9,16H,7-8H2,1-6H3. The number of hydrogen-bond donors (Lipinski definition) is 1. The molecule has 0 saturated carbocycles. The van der Waals surface area contributed by atoms with Crippen LogP contribution in [0, 0.1) is 13.8 Å². The summed E-state index contributed by atoms with van der Waals surface area (Å²) in [6.07, 6.45) is 0. The van der Waals surface area contributed by atoms with Crippen molar-refractivity contribution in [3.05, 3.63) is 22.5 Å². The molecule has 112 valence electrons. The van der Waals surface area contributed by atoms with Gasteiger partial charge in [-0.3, -0.25) is 9.69 Å². The summed E-state index contributed by atoms with van der Waals surface area (Å²) in [5.41, 5.74) is 2.34. The third kappa shape index (κ3) is 3.28. The zero-order valence-electron chi connectivity index (χ0n) is 13.2. The number of aromatic nitrogens is 1. The Kier molecular flexibility index (Phi) is 5.51. The molecule has 0 spiro atoms. The van der Waals surface area contributed by atoms with E-state index < -0.39 is 5.97 Å². The molecule has 1 aromatic rings. The number of ketones is 1. The molecule has 0 bridgehead atoms. The molecule has 20 heavy (non-hydrogen) atoms. The predicted molar refractivity (Wildman–Crippen MR) is 78.3 cm³/mol. The second-order valence-corrected chi connectivity index (χ2v) is 5.20. The van der Waals surface area contributed by atoms with Crippen molar-refractivity contribution >= 4 is 11.8 Å². The fourth-order valence-corrected chi connectivity index (χ4v) is 2.40. The zero-order valence-corrected chi connectivity index (χ0v) is 13.2. The smallest absolute Gasteiger partial charge is 0.354 e. The van der Waals surface area contributed by atoms with Crippen molar-refractivity contribution in [2.45, 2.75) is 40.7 Å². The third-order valence-corrected chi connectivity index (χ3v) is 3.59. The first-order valence-electron chi connectivity index (χ1n) is 6.88. The number of aryl methyl sites for hydroxylation is 1. The van der Waals surface area contributed by atoms with E-state index in [2.05, 4.69) is 23.7 Å². The molecule has 0 atom stereocenters. The van der Waals surface area contributed by atoms with Crippen LogP contribution in [0.3, 0.4) is 0 Å². The van der Waals surface area contributed by atoms with Gasteiger partial charge in [-0.25, -0.2) is 4.79 Å². The van der Waals surface area contributed by atoms with Crippen LogP contribution in [-0.4, -0.2) is 47.9 Å². The molecule has 1 rings (SSSR count). The Labute approximate surface area is 120 Å². The molecule has 5 heteroatoms. The van der Waals surface area contributed by atoms with Crippen LogP contribution in [0.5, 0.6) is 0 Å². The summed E-state index contributed by atoms with van der Waals surface area (Å²) < 4.78 is 4.71. The van der Waals surface area contributed by atoms with E-state index in [0.717, 1.165) is 6.54 Å². The van der Waals surface area contributed by atoms with Gasteiger partial charge in [0.25, 0.3) is 0 Å². The molecule has 0 aromatic carbocycles. The fraction of sp³-hybridized carbons (Fsp3) is 0.600. The van der Waals surface area contributed by atoms with Gasteiger partial charge in [-0.2, -0.15) is 0 Å². The molecular weight excluding hydrogens is 256 g/mol. The van der Waals surface area contributed by atoms with Gasteiger partial charge in [-0.1, -0.05) is 6.92 Å². The quantitative estimate of drug-likeness (QED) is 0.641. The number of Topliss-reactive ketones (excluding diaryl/α,β-unsaturated/α-hetero) is 1. The van der Waals surface area contributed by atoms with E-state index in [0.29, 0.717) is 35.1 Å². The number of carbonyl (C=O) groups is 2. The van der Waals surface area contributed by atoms with Crippen LogP contribution in [-0.2, 0) is 4.74 Å². The summed E-state index contributed by atoms with van der Waals surface area (Å²) >= 11 is 0. The maximum Gasteiger partial charge on any atom is 0.354 e. The molecule has 0 aliphatic rings. The largest absolute Gasteiger partial charge is 0.464 e. The lowest BCUT2D eigenvalue weighted by Gasteiger charge is -2.23. The molecule has 1 N–H and O–H groups in total. The number of H-pyrrole nitrogens is 1. The number of hydrogen-bond acceptors (Lipinski definition) is 4. The fourth-order valence-electron chi connectivity index (χ4n) is 2.40. The highest BCUT2D eigenvalue weighted by molar-refractivity contribution is 6.03. The van der Waals surface area contributed by atoms with Gasteiger partial charge in [-0.05, 0) is 39.8 Å². The maximum atomic E-state index is 12.5. The Balaban J connectivity index is 3.05. The molecule has 0 saturated heterocycles. The van der Waals surface area contributed by atoms with E-state index in [4.69, 9.17) is 4.74 Å². The first-order chi connectivity index (χ1) is 9.33. The van der Waals surface area contributed by atoms with Crippen molar-refractivity contribution < 1.29 is 14.3 Å². The molecule has 0 aliphatic carbocycles. The molecule has 0 unspecified atom stereocenters. The summed E-state index contributed by atoms with van der Waals surface area (Å²) in [6.45, 7) is 10.9. The van der Waals surface area contributed by atoms with E-state index in [1.165, 1.54) is 7.11 Å². The van der Waals surface area contributed by atoms with Crippen molar-refractivity contribution in [2.24, 2.45) is 0 Å². The van der Waals surface area contributed by atoms with Gasteiger partial charge < -0.3 is 9.72 Å². The van der Waals surface area contributed by atoms with Gasteiger partial charge >= 0.3 is 5.97 Å². The lowest BCUT2D eigenvalue weighted by Crippen LogP contribution is -2.35. The van der Waals surface area contributed by atoms with E-state index in [1.807, 2.05) is 6.92 Å². The van der Waals surface area contributed by atoms with Gasteiger partial charge in [0.15, 0.2) is 5.78 Å². The van der Waals surface area contributed by atoms with Crippen LogP contribution < -0.4 is 0 Å². The van der Waals surface area contributed by atoms with Gasteiger partial charge in [0.2, 0.25) is 0 Å². The number of nitrogens with zero attached hydrogens (tertiary/aromatic N) is 1. The molecule has 1 heterocycles. The summed E-state index contributed by atoms with van der Waals surface area (Å²) in [7, 11) is 1.33. The molecular formula is C15H24N2O3. The molecule has 0 radical (unpaired) electrons. The zero-order chi connectivity index (χ0) is 15.4. The Morgan fingerprint density at radius 2 is 1.90 bits per heavy atom. The van der Waals surface area contributed by atoms with Crippen LogP contribution in [0.1, 0.15) is 52.9 Å². The summed E-state index contributed by atoms with van der Waals surface area (Å²) in [5.74, 6) is -0.414. The van der Waals surface area contributed by atoms with E-state index in [-0.39, 0.29) is 5.78 Å². The van der Waals surface area contributed by atoms with Crippen LogP contribution in [0.4, 0.5) is 0 Å². The second kappa shape index (κ2) is 6.70. The van der Waals surface area contributed by atoms with Crippen molar-refractivity contribution in [1.82, 2.24) is 9.88 Å². The van der Waals surface area contributed by atoms with Crippen molar-refractivity contribution in [3.8, 4) is 0 Å². The average molecular weight is 280 g/mol. The second-order valence-electron chi connectivity index (χ2n) is 5.20. The van der Waals surface area contributed by atoms with Gasteiger partial charge in [0, 0.05) is 17.3 Å². The Morgan fingerprint density at radius 1 is 1.30 bits per heavy atom. The SMILES string of the molecule is CCN(CC(=O)c1c(C)[nH]c(C(=O)OC)c1C)C(C)C. The van der Waals surface area contributed by atoms with Crippen molar-refractivity contribution in [2.75, 3.05) is 20.2 Å². The number of nitrogens with one attached hydrogen (secondary N) is 1. The number of esters is 1. The van der Waals surface area contributed by atoms with Gasteiger partial charge in [-0.15, -0.1) is 0 Å². The minimum atomic E-state index is -0.444. The summed E-state index contributed by atoms with van der Waals surface area (Å²) in [5, 5.41) is 0. The summed E-state index contributed by atoms with van der Waals surface area (Å²) in [6, 6.07) is 0.309. The Morgan fingerprint density at radius 3 is 2.35 bits per heavy atom. The highest BCUT2D eigenvalue weighted by Crippen LogP contribution is 2.20. The van der Waals surface area contributed by atoms with Crippen LogP contribution in [0.15, 0.2) is 0 Å². The number of methoxy groups -OCH3 is 1. The maximum absolute atomic E-state index is 12.5. The predicted octanol–water partition coefficient (Wildman–Crippen LogP) is 2.33. The normalized spacial score (nSPS) is 11.2. The molecule has 1 aromatic heterocycles. The first kappa shape index (κ1) is 16.4. The average Bonchev–Trinajstić information content (AvgIpc) is 2.69. The number of carbonyl (C=O) groups excluding carboxylic acids is 2. The molecule has 0 aliphatic heterocycles. The van der Waals surface area contributed by atoms with E-state index >= 15 is 0 Å². The van der Waals surface area contributed by atoms with E-state index in [9.17, 15) is 9.59 Å². The van der Waals surface area contributed by atoms with Crippen LogP contribution in [0.2, 0.25) is 0 Å². The Bertz CT molecular complexity index is 503. The monoisotopic (exact) mass is 280 g/mol. The van der Waals surface area contributed by atoms with E-state index in [1.54, 1.807) is 13.8 Å². The molecule has 0 fully saturated rings. The van der Waals surface area contributed by atoms with Crippen molar-refractivity contribution in [1.29, 1.82) is 0 Å². The van der Waals surface area contributed by atoms with Gasteiger partial charge in [0.05, 0.1) is 13.7 Å². The minimum absolute atomic E-state index is 0.0296. The number of rotatable bonds is 6. The van der Waals surface area contributed by atoms with Crippen LogP contribution in [0.25, 0.3) is 0 Å². The third-order valence-electron chi connectivity index (χ3n) is 3.59. The first-order valence-corrected chi connectivity index (χ1v) is 6.88. The summed E-state index contributed by atoms with van der Waals surface area (Å²) in [4.78, 5) is 29.1. The topological polar surface area (TPSA) is 62.4 Å². The lowest BCUT2D eigenvalue weighted by atomic mass is 10.0. The highest BCUT2D eigenvalue weighted by atomic mass is 16.5. The van der Waals surface area contributed by atoms with Crippen LogP contribution >= 0.6 is 0 Å². The minimum Gasteiger partial charge on any atom is -0.464 e. The number of aromatic amines is 1. The lowest BCUT2D eigenvalue weighted by molar-refractivity contribution is 0.0594. The number of likely N-dealkylation sites (N-methyl/N-ethyl adjacent to an activating group) is 1. The highest BCUT2D eigenvalue weighted by Gasteiger charge is 2.23. The van der Waals surface area contributed by atoms with Gasteiger partial charge in [0.1, 0.15) is 5.69 Å². The molecule has 0 amide bonds. The van der Waals surface area contributed by atoms with Crippen molar-refractivity contribution in [3.63, 3.8) is 0 Å². The number of ether oxygens (including phenoxy) is 1.